The Labute approximate surface area is 139 Å². The van der Waals surface area contributed by atoms with Crippen LogP contribution in [0.3, 0.4) is 0 Å². The first-order valence-electron chi connectivity index (χ1n) is 6.92. The van der Waals surface area contributed by atoms with Gasteiger partial charge in [-0.3, -0.25) is 10.1 Å². The fraction of sp³-hybridized carbons (Fsp3) is 0.0588. The number of carbonyl (C=O) groups is 1. The molecule has 7 heteroatoms. The third-order valence-corrected chi connectivity index (χ3v) is 4.13. The fourth-order valence-corrected chi connectivity index (χ4v) is 2.86. The number of amides is 1. The average Bonchev–Trinajstić information content (AvgIpc) is 3.00. The van der Waals surface area contributed by atoms with Gasteiger partial charge in [-0.1, -0.05) is 6.07 Å². The van der Waals surface area contributed by atoms with Gasteiger partial charge in [0.25, 0.3) is 5.91 Å². The molecule has 0 spiro atoms. The van der Waals surface area contributed by atoms with Crippen LogP contribution in [0.4, 0.5) is 18.3 Å². The van der Waals surface area contributed by atoms with Gasteiger partial charge in [0, 0.05) is 16.5 Å². The van der Waals surface area contributed by atoms with Crippen molar-refractivity contribution in [2.75, 3.05) is 5.32 Å². The van der Waals surface area contributed by atoms with Crippen molar-refractivity contribution in [1.82, 2.24) is 4.98 Å². The van der Waals surface area contributed by atoms with Crippen LogP contribution >= 0.6 is 11.3 Å². The number of hydrogen-bond acceptors (Lipinski definition) is 3. The van der Waals surface area contributed by atoms with E-state index in [1.165, 1.54) is 17.5 Å². The first-order chi connectivity index (χ1) is 11.4. The van der Waals surface area contributed by atoms with E-state index in [0.717, 1.165) is 35.6 Å². The van der Waals surface area contributed by atoms with E-state index in [2.05, 4.69) is 10.3 Å². The third-order valence-electron chi connectivity index (χ3n) is 3.37. The lowest BCUT2D eigenvalue weighted by Crippen LogP contribution is -2.13. The minimum absolute atomic E-state index is 0.00804. The summed E-state index contributed by atoms with van der Waals surface area (Å²) in [5.41, 5.74) is 1.02. The van der Waals surface area contributed by atoms with E-state index in [0.29, 0.717) is 5.56 Å². The maximum absolute atomic E-state index is 13.8. The molecule has 0 unspecified atom stereocenters. The molecule has 3 nitrogen and oxygen atoms in total. The van der Waals surface area contributed by atoms with Gasteiger partial charge in [-0.05, 0) is 42.8 Å². The molecule has 0 aliphatic rings. The average molecular weight is 348 g/mol. The first kappa shape index (κ1) is 16.2. The summed E-state index contributed by atoms with van der Waals surface area (Å²) in [6.45, 7) is 1.68. The van der Waals surface area contributed by atoms with Crippen LogP contribution in [0.5, 0.6) is 0 Å². The number of halogens is 3. The molecule has 1 heterocycles. The lowest BCUT2D eigenvalue weighted by molar-refractivity contribution is 0.102. The highest BCUT2D eigenvalue weighted by Crippen LogP contribution is 2.28. The molecular formula is C17H11F3N2OS. The molecule has 3 rings (SSSR count). The summed E-state index contributed by atoms with van der Waals surface area (Å²) in [5.74, 6) is -2.24. The van der Waals surface area contributed by atoms with Gasteiger partial charge >= 0.3 is 0 Å². The van der Waals surface area contributed by atoms with E-state index < -0.39 is 23.4 Å². The lowest BCUT2D eigenvalue weighted by atomic mass is 10.1. The van der Waals surface area contributed by atoms with Crippen molar-refractivity contribution in [2.24, 2.45) is 0 Å². The number of benzene rings is 2. The molecule has 0 saturated heterocycles. The van der Waals surface area contributed by atoms with E-state index in [1.54, 1.807) is 6.92 Å². The van der Waals surface area contributed by atoms with Crippen LogP contribution in [0.25, 0.3) is 11.3 Å². The summed E-state index contributed by atoms with van der Waals surface area (Å²) in [6.07, 6.45) is 0. The predicted molar refractivity (Wildman–Crippen MR) is 86.6 cm³/mol. The Morgan fingerprint density at radius 2 is 1.79 bits per heavy atom. The monoisotopic (exact) mass is 348 g/mol. The van der Waals surface area contributed by atoms with E-state index in [1.807, 2.05) is 0 Å². The normalized spacial score (nSPS) is 10.7. The molecule has 0 radical (unpaired) electrons. The number of nitrogens with one attached hydrogen (secondary N) is 1. The van der Waals surface area contributed by atoms with Crippen molar-refractivity contribution < 1.29 is 18.0 Å². The predicted octanol–water partition coefficient (Wildman–Crippen LogP) is 4.79. The second kappa shape index (κ2) is 6.45. The van der Waals surface area contributed by atoms with Gasteiger partial charge in [0.2, 0.25) is 0 Å². The number of hydrogen-bond donors (Lipinski definition) is 1. The maximum atomic E-state index is 13.8. The molecule has 0 aliphatic heterocycles. The van der Waals surface area contributed by atoms with Crippen molar-refractivity contribution >= 4 is 22.4 Å². The van der Waals surface area contributed by atoms with Crippen LogP contribution in [0, 0.1) is 24.4 Å². The molecule has 122 valence electrons. The zero-order valence-corrected chi connectivity index (χ0v) is 13.3. The molecule has 1 N–H and O–H groups in total. The quantitative estimate of drug-likeness (QED) is 0.739. The topological polar surface area (TPSA) is 42.0 Å². The van der Waals surface area contributed by atoms with Crippen molar-refractivity contribution in [3.8, 4) is 11.3 Å². The van der Waals surface area contributed by atoms with Crippen LogP contribution in [-0.4, -0.2) is 10.9 Å². The van der Waals surface area contributed by atoms with E-state index >= 15 is 0 Å². The number of carbonyl (C=O) groups excluding carboxylic acids is 1. The van der Waals surface area contributed by atoms with Crippen molar-refractivity contribution in [3.63, 3.8) is 0 Å². The fourth-order valence-electron chi connectivity index (χ4n) is 2.15. The molecule has 0 aliphatic carbocycles. The maximum Gasteiger partial charge on any atom is 0.257 e. The number of rotatable bonds is 3. The lowest BCUT2D eigenvalue weighted by Gasteiger charge is -2.05. The molecule has 0 atom stereocenters. The number of thiazole rings is 1. The molecule has 2 aromatic carbocycles. The standard InChI is InChI=1S/C17H11F3N2OS/c1-9-2-3-10(18)6-12(9)16(23)22-17-21-15(8-24-17)13-7-11(19)4-5-14(13)20/h2-8H,1H3,(H,21,22,23). The van der Waals surface area contributed by atoms with Crippen LogP contribution in [0.1, 0.15) is 15.9 Å². The zero-order chi connectivity index (χ0) is 17.3. The number of anilines is 1. The third kappa shape index (κ3) is 3.30. The minimum Gasteiger partial charge on any atom is -0.298 e. The Hall–Kier alpha value is -2.67. The summed E-state index contributed by atoms with van der Waals surface area (Å²) >= 11 is 1.07. The van der Waals surface area contributed by atoms with E-state index in [9.17, 15) is 18.0 Å². The van der Waals surface area contributed by atoms with E-state index in [4.69, 9.17) is 0 Å². The van der Waals surface area contributed by atoms with Crippen LogP contribution in [0.2, 0.25) is 0 Å². The summed E-state index contributed by atoms with van der Waals surface area (Å²) in [6, 6.07) is 6.96. The summed E-state index contributed by atoms with van der Waals surface area (Å²) in [7, 11) is 0. The van der Waals surface area contributed by atoms with Crippen LogP contribution in [-0.2, 0) is 0 Å². The molecular weight excluding hydrogens is 337 g/mol. The Balaban J connectivity index is 1.85. The largest absolute Gasteiger partial charge is 0.298 e. The van der Waals surface area contributed by atoms with Crippen molar-refractivity contribution in [2.45, 2.75) is 6.92 Å². The SMILES string of the molecule is Cc1ccc(F)cc1C(=O)Nc1nc(-c2cc(F)ccc2F)cs1. The van der Waals surface area contributed by atoms with Gasteiger partial charge < -0.3 is 0 Å². The number of aryl methyl sites for hydroxylation is 1. The van der Waals surface area contributed by atoms with Crippen LogP contribution < -0.4 is 5.32 Å². The van der Waals surface area contributed by atoms with Gasteiger partial charge in [-0.25, -0.2) is 18.2 Å². The molecule has 0 fully saturated rings. The van der Waals surface area contributed by atoms with Gasteiger partial charge in [-0.2, -0.15) is 0 Å². The number of nitrogens with zero attached hydrogens (tertiary/aromatic N) is 1. The van der Waals surface area contributed by atoms with Gasteiger partial charge in [0.1, 0.15) is 17.5 Å². The molecule has 0 saturated carbocycles. The van der Waals surface area contributed by atoms with Gasteiger partial charge in [0.15, 0.2) is 5.13 Å². The summed E-state index contributed by atoms with van der Waals surface area (Å²) in [5, 5.41) is 4.25. The highest BCUT2D eigenvalue weighted by atomic mass is 32.1. The van der Waals surface area contributed by atoms with Crippen molar-refractivity contribution in [1.29, 1.82) is 0 Å². The first-order valence-corrected chi connectivity index (χ1v) is 7.80. The molecule has 3 aromatic rings. The molecule has 24 heavy (non-hydrogen) atoms. The van der Waals surface area contributed by atoms with Crippen molar-refractivity contribution in [3.05, 3.63) is 70.4 Å². The Morgan fingerprint density at radius 3 is 2.58 bits per heavy atom. The molecule has 1 aromatic heterocycles. The number of aromatic nitrogens is 1. The van der Waals surface area contributed by atoms with E-state index in [-0.39, 0.29) is 22.0 Å². The Kier molecular flexibility index (Phi) is 4.35. The second-order valence-corrected chi connectivity index (χ2v) is 5.93. The smallest absolute Gasteiger partial charge is 0.257 e. The highest BCUT2D eigenvalue weighted by Gasteiger charge is 2.15. The second-order valence-electron chi connectivity index (χ2n) is 5.08. The highest BCUT2D eigenvalue weighted by molar-refractivity contribution is 7.14. The van der Waals surface area contributed by atoms with Gasteiger partial charge in [0.05, 0.1) is 5.69 Å². The zero-order valence-electron chi connectivity index (χ0n) is 12.4. The van der Waals surface area contributed by atoms with Gasteiger partial charge in [-0.15, -0.1) is 11.3 Å². The minimum atomic E-state index is -0.611. The summed E-state index contributed by atoms with van der Waals surface area (Å²) < 4.78 is 40.3. The Morgan fingerprint density at radius 1 is 1.08 bits per heavy atom. The molecule has 1 amide bonds. The van der Waals surface area contributed by atoms with Crippen LogP contribution in [0.15, 0.2) is 41.8 Å². The molecule has 0 bridgehead atoms. The Bertz CT molecular complexity index is 924. The summed E-state index contributed by atoms with van der Waals surface area (Å²) in [4.78, 5) is 16.3.